The quantitative estimate of drug-likeness (QED) is 0.739. The third-order valence-electron chi connectivity index (χ3n) is 6.33. The Morgan fingerprint density at radius 3 is 2.86 bits per heavy atom. The number of anilines is 1. The lowest BCUT2D eigenvalue weighted by Crippen LogP contribution is -2.47. The Morgan fingerprint density at radius 2 is 2.14 bits per heavy atom. The molecule has 2 aromatic rings. The smallest absolute Gasteiger partial charge is 0.324 e. The average Bonchev–Trinajstić information content (AvgIpc) is 3.27. The molecule has 2 aliphatic rings. The van der Waals surface area contributed by atoms with Crippen LogP contribution in [0.1, 0.15) is 33.3 Å². The lowest BCUT2D eigenvalue weighted by atomic mass is 10.1. The fourth-order valence-electron chi connectivity index (χ4n) is 3.45. The molecule has 6 nitrogen and oxygen atoms in total. The van der Waals surface area contributed by atoms with Crippen molar-refractivity contribution in [1.29, 1.82) is 0 Å². The average molecular weight is 420 g/mol. The first-order chi connectivity index (χ1) is 13.1. The van der Waals surface area contributed by atoms with Crippen molar-refractivity contribution in [1.82, 2.24) is 10.3 Å². The number of nitrogens with one attached hydrogen (secondary N) is 1. The third-order valence-corrected chi connectivity index (χ3v) is 11.8. The molecule has 2 amide bonds. The summed E-state index contributed by atoms with van der Waals surface area (Å²) < 4.78 is 13.2. The van der Waals surface area contributed by atoms with E-state index in [9.17, 15) is 4.79 Å². The van der Waals surface area contributed by atoms with Crippen molar-refractivity contribution in [3.8, 4) is 5.75 Å². The van der Waals surface area contributed by atoms with Crippen molar-refractivity contribution in [2.24, 2.45) is 0 Å². The van der Waals surface area contributed by atoms with E-state index in [0.717, 1.165) is 33.1 Å². The van der Waals surface area contributed by atoms with E-state index in [1.165, 1.54) is 0 Å². The lowest BCUT2D eigenvalue weighted by molar-refractivity contribution is 0.247. The first-order valence-electron chi connectivity index (χ1n) is 9.87. The van der Waals surface area contributed by atoms with E-state index in [1.807, 2.05) is 19.1 Å². The van der Waals surface area contributed by atoms with Crippen molar-refractivity contribution < 1.29 is 14.0 Å². The highest BCUT2D eigenvalue weighted by molar-refractivity contribution is 7.22. The highest BCUT2D eigenvalue weighted by atomic mass is 32.1. The Hall–Kier alpha value is -1.64. The molecule has 0 bridgehead atoms. The number of fused-ring (bicyclic) bond motifs is 3. The molecule has 1 fully saturated rings. The molecular formula is C20H29N3O3SSi. The summed E-state index contributed by atoms with van der Waals surface area (Å²) in [5, 5.41) is 3.92. The zero-order chi connectivity index (χ0) is 20.3. The molecule has 0 radical (unpaired) electrons. The third kappa shape index (κ3) is 3.21. The van der Waals surface area contributed by atoms with E-state index in [2.05, 4.69) is 39.2 Å². The summed E-state index contributed by atoms with van der Waals surface area (Å²) in [6.45, 7) is 14.4. The van der Waals surface area contributed by atoms with Gasteiger partial charge in [0, 0.05) is 12.0 Å². The number of carbonyl (C=O) groups is 1. The minimum Gasteiger partial charge on any atom is -0.493 e. The predicted octanol–water partition coefficient (Wildman–Crippen LogP) is 4.54. The van der Waals surface area contributed by atoms with Crippen LogP contribution in [-0.4, -0.2) is 44.6 Å². The van der Waals surface area contributed by atoms with Crippen LogP contribution in [-0.2, 0) is 10.8 Å². The number of rotatable bonds is 4. The number of hydrogen-bond donors (Lipinski definition) is 1. The van der Waals surface area contributed by atoms with E-state index in [-0.39, 0.29) is 23.2 Å². The SMILES string of the molecule is C[C@@H]1NC(=O)N(c2nc3c4c(ccc3s2)OCC4)[C@@H]1CO[Si](C)(C)C(C)(C)C. The number of hydrogen-bond acceptors (Lipinski definition) is 5. The monoisotopic (exact) mass is 419 g/mol. The maximum Gasteiger partial charge on any atom is 0.324 e. The van der Waals surface area contributed by atoms with Gasteiger partial charge in [0.1, 0.15) is 5.75 Å². The number of urea groups is 1. The second-order valence-corrected chi connectivity index (χ2v) is 15.0. The molecule has 2 aliphatic heterocycles. The molecule has 28 heavy (non-hydrogen) atoms. The molecule has 1 aromatic carbocycles. The summed E-state index contributed by atoms with van der Waals surface area (Å²) in [6.07, 6.45) is 0.871. The molecule has 0 unspecified atom stereocenters. The molecule has 1 saturated heterocycles. The summed E-state index contributed by atoms with van der Waals surface area (Å²) >= 11 is 1.56. The van der Waals surface area contributed by atoms with Crippen LogP contribution < -0.4 is 15.0 Å². The van der Waals surface area contributed by atoms with Crippen LogP contribution in [0.15, 0.2) is 12.1 Å². The van der Waals surface area contributed by atoms with Gasteiger partial charge in [0.05, 0.1) is 35.5 Å². The predicted molar refractivity (Wildman–Crippen MR) is 116 cm³/mol. The standard InChI is InChI=1S/C20H29N3O3SSi/c1-12-14(11-26-28(5,6)20(2,3)4)23(18(24)21-12)19-22-17-13-9-10-25-15(13)7-8-16(17)27-19/h7-8,12,14H,9-11H2,1-6H3,(H,21,24)/t12-,14+/m0/s1. The number of nitrogens with zero attached hydrogens (tertiary/aromatic N) is 2. The van der Waals surface area contributed by atoms with Gasteiger partial charge in [-0.3, -0.25) is 4.90 Å². The van der Waals surface area contributed by atoms with Gasteiger partial charge in [-0.15, -0.1) is 0 Å². The summed E-state index contributed by atoms with van der Waals surface area (Å²) in [5.74, 6) is 0.918. The molecule has 1 N–H and O–H groups in total. The Bertz CT molecular complexity index is 921. The van der Waals surface area contributed by atoms with Crippen LogP contribution >= 0.6 is 11.3 Å². The minimum atomic E-state index is -1.90. The van der Waals surface area contributed by atoms with Gasteiger partial charge in [-0.1, -0.05) is 32.1 Å². The Balaban J connectivity index is 1.63. The molecule has 8 heteroatoms. The van der Waals surface area contributed by atoms with Gasteiger partial charge in [0.25, 0.3) is 0 Å². The van der Waals surface area contributed by atoms with Crippen molar-refractivity contribution in [3.05, 3.63) is 17.7 Å². The zero-order valence-corrected chi connectivity index (χ0v) is 19.3. The number of ether oxygens (including phenoxy) is 1. The molecule has 152 valence electrons. The van der Waals surface area contributed by atoms with E-state index in [1.54, 1.807) is 16.2 Å². The van der Waals surface area contributed by atoms with Gasteiger partial charge in [0.15, 0.2) is 13.4 Å². The first kappa shape index (κ1) is 19.7. The van der Waals surface area contributed by atoms with Crippen LogP contribution in [0.2, 0.25) is 18.1 Å². The fraction of sp³-hybridized carbons (Fsp3) is 0.600. The van der Waals surface area contributed by atoms with Crippen LogP contribution in [0.25, 0.3) is 10.2 Å². The molecule has 0 aliphatic carbocycles. The van der Waals surface area contributed by atoms with Crippen LogP contribution in [0.3, 0.4) is 0 Å². The Morgan fingerprint density at radius 1 is 1.39 bits per heavy atom. The van der Waals surface area contributed by atoms with Gasteiger partial charge < -0.3 is 14.5 Å². The molecule has 1 aromatic heterocycles. The van der Waals surface area contributed by atoms with Crippen molar-refractivity contribution in [3.63, 3.8) is 0 Å². The highest BCUT2D eigenvalue weighted by Crippen LogP contribution is 2.40. The first-order valence-corrected chi connectivity index (χ1v) is 13.6. The number of carbonyl (C=O) groups excluding carboxylic acids is 1. The zero-order valence-electron chi connectivity index (χ0n) is 17.5. The Labute approximate surface area is 171 Å². The van der Waals surface area contributed by atoms with Crippen molar-refractivity contribution in [2.75, 3.05) is 18.1 Å². The number of amides is 2. The maximum atomic E-state index is 12.7. The highest BCUT2D eigenvalue weighted by Gasteiger charge is 2.43. The summed E-state index contributed by atoms with van der Waals surface area (Å²) in [6, 6.07) is 3.91. The van der Waals surface area contributed by atoms with E-state index >= 15 is 0 Å². The topological polar surface area (TPSA) is 63.7 Å². The van der Waals surface area contributed by atoms with Gasteiger partial charge in [0.2, 0.25) is 0 Å². The second-order valence-electron chi connectivity index (χ2n) is 9.23. The molecule has 3 heterocycles. The second kappa shape index (κ2) is 6.71. The van der Waals surface area contributed by atoms with Gasteiger partial charge in [-0.2, -0.15) is 0 Å². The van der Waals surface area contributed by atoms with E-state index < -0.39 is 8.32 Å². The van der Waals surface area contributed by atoms with E-state index in [0.29, 0.717) is 13.2 Å². The molecular weight excluding hydrogens is 390 g/mol. The van der Waals surface area contributed by atoms with E-state index in [4.69, 9.17) is 14.1 Å². The van der Waals surface area contributed by atoms with Gasteiger partial charge in [-0.05, 0) is 37.2 Å². The summed E-state index contributed by atoms with van der Waals surface area (Å²) in [4.78, 5) is 19.4. The lowest BCUT2D eigenvalue weighted by Gasteiger charge is -2.38. The number of benzene rings is 1. The Kier molecular flexibility index (Phi) is 4.71. The van der Waals surface area contributed by atoms with Crippen molar-refractivity contribution >= 4 is 41.0 Å². The molecule has 2 atom stereocenters. The number of aromatic nitrogens is 1. The van der Waals surface area contributed by atoms with Crippen LogP contribution in [0, 0.1) is 0 Å². The van der Waals surface area contributed by atoms with Crippen LogP contribution in [0.4, 0.5) is 9.93 Å². The van der Waals surface area contributed by atoms with Crippen molar-refractivity contribution in [2.45, 2.75) is 64.3 Å². The minimum absolute atomic E-state index is 0.0123. The van der Waals surface area contributed by atoms with Crippen LogP contribution in [0.5, 0.6) is 5.75 Å². The summed E-state index contributed by atoms with van der Waals surface area (Å²) in [5.41, 5.74) is 2.12. The van der Waals surface area contributed by atoms with Gasteiger partial charge >= 0.3 is 6.03 Å². The molecule has 0 saturated carbocycles. The number of thiazole rings is 1. The maximum absolute atomic E-state index is 12.7. The fourth-order valence-corrected chi connectivity index (χ4v) is 5.53. The van der Waals surface area contributed by atoms with Gasteiger partial charge in [-0.25, -0.2) is 9.78 Å². The summed E-state index contributed by atoms with van der Waals surface area (Å²) in [7, 11) is -1.90. The molecule has 4 rings (SSSR count). The molecule has 0 spiro atoms. The normalized spacial score (nSPS) is 22.5. The largest absolute Gasteiger partial charge is 0.493 e.